The maximum atomic E-state index is 11.9. The van der Waals surface area contributed by atoms with E-state index in [0.717, 1.165) is 17.5 Å². The van der Waals surface area contributed by atoms with Crippen LogP contribution in [0.2, 0.25) is 0 Å². The van der Waals surface area contributed by atoms with Crippen LogP contribution in [0.3, 0.4) is 0 Å². The van der Waals surface area contributed by atoms with Gasteiger partial charge in [0.15, 0.2) is 0 Å². The number of esters is 1. The van der Waals surface area contributed by atoms with Gasteiger partial charge in [0.1, 0.15) is 0 Å². The second kappa shape index (κ2) is 6.84. The smallest absolute Gasteiger partial charge is 0.313 e. The summed E-state index contributed by atoms with van der Waals surface area (Å²) >= 11 is 0. The van der Waals surface area contributed by atoms with Gasteiger partial charge < -0.3 is 4.74 Å². The zero-order chi connectivity index (χ0) is 14.4. The molecule has 2 aromatic rings. The molecule has 0 radical (unpaired) electrons. The van der Waals surface area contributed by atoms with E-state index in [0.29, 0.717) is 13.2 Å². The highest BCUT2D eigenvalue weighted by Gasteiger charge is 2.19. The summed E-state index contributed by atoms with van der Waals surface area (Å²) < 4.78 is 6.87. The fourth-order valence-corrected chi connectivity index (χ4v) is 2.14. The lowest BCUT2D eigenvalue weighted by atomic mass is 9.95. The van der Waals surface area contributed by atoms with Crippen molar-refractivity contribution in [3.05, 3.63) is 47.8 Å². The Morgan fingerprint density at radius 2 is 2.05 bits per heavy atom. The Balaban J connectivity index is 2.08. The monoisotopic (exact) mass is 273 g/mol. The molecule has 1 aromatic heterocycles. The summed E-state index contributed by atoms with van der Waals surface area (Å²) in [7, 11) is 0. The number of hydrogen-bond donors (Lipinski definition) is 0. The van der Waals surface area contributed by atoms with Gasteiger partial charge in [-0.25, -0.2) is 4.68 Å². The number of benzene rings is 1. The van der Waals surface area contributed by atoms with Crippen LogP contribution in [0.4, 0.5) is 0 Å². The van der Waals surface area contributed by atoms with Gasteiger partial charge in [-0.05, 0) is 24.5 Å². The van der Waals surface area contributed by atoms with Gasteiger partial charge in [-0.1, -0.05) is 36.4 Å². The third kappa shape index (κ3) is 3.44. The molecule has 20 heavy (non-hydrogen) atoms. The van der Waals surface area contributed by atoms with Gasteiger partial charge in [0, 0.05) is 6.20 Å². The lowest BCUT2D eigenvalue weighted by Crippen LogP contribution is -2.15. The molecule has 0 saturated heterocycles. The fourth-order valence-electron chi connectivity index (χ4n) is 2.14. The molecule has 0 aliphatic heterocycles. The Kier molecular flexibility index (Phi) is 4.87. The van der Waals surface area contributed by atoms with Crippen LogP contribution >= 0.6 is 0 Å². The number of rotatable bonds is 6. The molecule has 1 aromatic carbocycles. The molecule has 1 heterocycles. The molecule has 0 N–H and O–H groups in total. The van der Waals surface area contributed by atoms with Gasteiger partial charge in [0.05, 0.1) is 25.3 Å². The fraction of sp³-hybridized carbons (Fsp3) is 0.400. The van der Waals surface area contributed by atoms with Crippen molar-refractivity contribution in [2.75, 3.05) is 6.61 Å². The summed E-state index contributed by atoms with van der Waals surface area (Å²) in [6.07, 6.45) is 4.21. The molecule has 1 unspecified atom stereocenters. The quantitative estimate of drug-likeness (QED) is 0.758. The minimum Gasteiger partial charge on any atom is -0.466 e. The Bertz CT molecular complexity index is 535. The van der Waals surface area contributed by atoms with Crippen molar-refractivity contribution < 1.29 is 9.53 Å². The minimum absolute atomic E-state index is 0.154. The average Bonchev–Trinajstić information content (AvgIpc) is 2.95. The minimum atomic E-state index is -0.185. The van der Waals surface area contributed by atoms with Crippen LogP contribution in [-0.2, 0) is 16.1 Å². The molecule has 0 spiro atoms. The van der Waals surface area contributed by atoms with Crippen molar-refractivity contribution >= 4 is 5.97 Å². The molecule has 0 bridgehead atoms. The highest BCUT2D eigenvalue weighted by Crippen LogP contribution is 2.21. The van der Waals surface area contributed by atoms with Crippen LogP contribution in [0.5, 0.6) is 0 Å². The van der Waals surface area contributed by atoms with Crippen LogP contribution in [0.1, 0.15) is 37.3 Å². The number of ether oxygens (including phenoxy) is 1. The maximum absolute atomic E-state index is 11.9. The molecule has 0 saturated carbocycles. The Labute approximate surface area is 118 Å². The Hall–Kier alpha value is -2.17. The molecular weight excluding hydrogens is 254 g/mol. The van der Waals surface area contributed by atoms with Crippen molar-refractivity contribution in [2.45, 2.75) is 32.7 Å². The van der Waals surface area contributed by atoms with E-state index >= 15 is 0 Å². The van der Waals surface area contributed by atoms with Crippen LogP contribution in [-0.4, -0.2) is 27.6 Å². The largest absolute Gasteiger partial charge is 0.466 e. The summed E-state index contributed by atoms with van der Waals surface area (Å²) in [5.74, 6) is -0.339. The van der Waals surface area contributed by atoms with Gasteiger partial charge in [0.2, 0.25) is 0 Å². The van der Waals surface area contributed by atoms with Gasteiger partial charge in [-0.3, -0.25) is 4.79 Å². The highest BCUT2D eigenvalue weighted by molar-refractivity contribution is 5.78. The second-order valence-electron chi connectivity index (χ2n) is 4.56. The molecule has 5 nitrogen and oxygen atoms in total. The highest BCUT2D eigenvalue weighted by atomic mass is 16.5. The summed E-state index contributed by atoms with van der Waals surface area (Å²) in [6.45, 7) is 4.91. The van der Waals surface area contributed by atoms with E-state index in [-0.39, 0.29) is 11.9 Å². The van der Waals surface area contributed by atoms with Crippen molar-refractivity contribution in [3.63, 3.8) is 0 Å². The normalized spacial score (nSPS) is 12.1. The summed E-state index contributed by atoms with van der Waals surface area (Å²) in [4.78, 5) is 11.9. The third-order valence-corrected chi connectivity index (χ3v) is 3.18. The molecule has 0 aliphatic carbocycles. The van der Waals surface area contributed by atoms with Crippen molar-refractivity contribution in [2.24, 2.45) is 0 Å². The van der Waals surface area contributed by atoms with Crippen LogP contribution in [0.25, 0.3) is 0 Å². The Morgan fingerprint density at radius 1 is 1.30 bits per heavy atom. The average molecular weight is 273 g/mol. The maximum Gasteiger partial charge on any atom is 0.313 e. The first-order valence-corrected chi connectivity index (χ1v) is 6.84. The topological polar surface area (TPSA) is 57.0 Å². The Morgan fingerprint density at radius 3 is 2.60 bits per heavy atom. The lowest BCUT2D eigenvalue weighted by Gasteiger charge is -2.14. The predicted molar refractivity (Wildman–Crippen MR) is 75.2 cm³/mol. The van der Waals surface area contributed by atoms with Gasteiger partial charge in [0.25, 0.3) is 0 Å². The van der Waals surface area contributed by atoms with E-state index in [1.807, 2.05) is 44.3 Å². The first-order chi connectivity index (χ1) is 9.74. The number of nitrogens with zero attached hydrogens (tertiary/aromatic N) is 3. The SMILES string of the molecule is CCOC(=O)C(CC)c1ccc(Cn2ccnn2)cc1. The van der Waals surface area contributed by atoms with Crippen LogP contribution in [0.15, 0.2) is 36.7 Å². The van der Waals surface area contributed by atoms with Gasteiger partial charge in [-0.2, -0.15) is 0 Å². The first kappa shape index (κ1) is 14.2. The van der Waals surface area contributed by atoms with E-state index < -0.39 is 0 Å². The molecule has 0 fully saturated rings. The van der Waals surface area contributed by atoms with Crippen LogP contribution < -0.4 is 0 Å². The van der Waals surface area contributed by atoms with Crippen molar-refractivity contribution in [3.8, 4) is 0 Å². The number of aromatic nitrogens is 3. The summed E-state index contributed by atoms with van der Waals surface area (Å²) in [6, 6.07) is 7.99. The van der Waals surface area contributed by atoms with Crippen molar-refractivity contribution in [1.82, 2.24) is 15.0 Å². The first-order valence-electron chi connectivity index (χ1n) is 6.84. The second-order valence-corrected chi connectivity index (χ2v) is 4.56. The molecule has 0 amide bonds. The molecule has 5 heteroatoms. The number of hydrogen-bond acceptors (Lipinski definition) is 4. The van der Waals surface area contributed by atoms with E-state index in [4.69, 9.17) is 4.74 Å². The van der Waals surface area contributed by atoms with E-state index in [1.165, 1.54) is 0 Å². The third-order valence-electron chi connectivity index (χ3n) is 3.18. The zero-order valence-corrected chi connectivity index (χ0v) is 11.8. The lowest BCUT2D eigenvalue weighted by molar-refractivity contribution is -0.145. The van der Waals surface area contributed by atoms with Crippen LogP contribution in [0, 0.1) is 0 Å². The number of carbonyl (C=O) groups excluding carboxylic acids is 1. The van der Waals surface area contributed by atoms with Gasteiger partial charge >= 0.3 is 5.97 Å². The predicted octanol–water partition coefficient (Wildman–Crippen LogP) is 2.38. The molecule has 2 rings (SSSR count). The zero-order valence-electron chi connectivity index (χ0n) is 11.8. The van der Waals surface area contributed by atoms with E-state index in [9.17, 15) is 4.79 Å². The molecule has 1 atom stereocenters. The summed E-state index contributed by atoms with van der Waals surface area (Å²) in [5, 5.41) is 7.70. The van der Waals surface area contributed by atoms with Crippen molar-refractivity contribution in [1.29, 1.82) is 0 Å². The molecule has 0 aliphatic rings. The number of carbonyl (C=O) groups is 1. The van der Waals surface area contributed by atoms with E-state index in [2.05, 4.69) is 10.3 Å². The molecule has 106 valence electrons. The van der Waals surface area contributed by atoms with Gasteiger partial charge in [-0.15, -0.1) is 5.10 Å². The molecular formula is C15H19N3O2. The summed E-state index contributed by atoms with van der Waals surface area (Å²) in [5.41, 5.74) is 2.12. The standard InChI is InChI=1S/C15H19N3O2/c1-3-14(15(19)20-4-2)13-7-5-12(6-8-13)11-18-10-9-16-17-18/h5-10,14H,3-4,11H2,1-2H3. The van der Waals surface area contributed by atoms with E-state index in [1.54, 1.807) is 10.9 Å².